The van der Waals surface area contributed by atoms with E-state index in [2.05, 4.69) is 20.4 Å². The lowest BCUT2D eigenvalue weighted by Gasteiger charge is -2.44. The van der Waals surface area contributed by atoms with Gasteiger partial charge in [0.1, 0.15) is 6.10 Å². The molecule has 1 saturated carbocycles. The molecule has 1 aliphatic carbocycles. The molecule has 1 aliphatic rings. The average Bonchev–Trinajstić information content (AvgIpc) is 2.07. The van der Waals surface area contributed by atoms with Crippen molar-refractivity contribution < 1.29 is 14.6 Å². The molecule has 0 aromatic heterocycles. The van der Waals surface area contributed by atoms with Gasteiger partial charge in [0, 0.05) is 5.57 Å². The van der Waals surface area contributed by atoms with Crippen LogP contribution in [0, 0.1) is 5.41 Å². The third-order valence-electron chi connectivity index (χ3n) is 3.21. The first kappa shape index (κ1) is 13.2. The first-order valence-corrected chi connectivity index (χ1v) is 5.73. The zero-order chi connectivity index (χ0) is 12.6. The summed E-state index contributed by atoms with van der Waals surface area (Å²) in [5.41, 5.74) is -0.455. The van der Waals surface area contributed by atoms with Crippen LogP contribution < -0.4 is 0 Å². The standard InChI is InChI=1S/C13H22O3/c1-9(2)11(14)16-10-6-7-12(3,4)8-13(10,5)15/h10,15H,1,6-8H2,2-5H3. The number of carbonyl (C=O) groups is 1. The Balaban J connectivity index is 2.69. The summed E-state index contributed by atoms with van der Waals surface area (Å²) in [4.78, 5) is 11.4. The molecule has 0 radical (unpaired) electrons. The van der Waals surface area contributed by atoms with Crippen LogP contribution in [0.25, 0.3) is 0 Å². The van der Waals surface area contributed by atoms with E-state index in [4.69, 9.17) is 4.74 Å². The molecule has 0 aliphatic heterocycles. The zero-order valence-electron chi connectivity index (χ0n) is 10.7. The Kier molecular flexibility index (Phi) is 3.48. The van der Waals surface area contributed by atoms with Crippen molar-refractivity contribution in [3.05, 3.63) is 12.2 Å². The van der Waals surface area contributed by atoms with Crippen molar-refractivity contribution in [1.82, 2.24) is 0 Å². The van der Waals surface area contributed by atoms with Crippen LogP contribution in [0.4, 0.5) is 0 Å². The number of hydrogen-bond acceptors (Lipinski definition) is 3. The van der Waals surface area contributed by atoms with E-state index in [0.29, 0.717) is 18.4 Å². The Morgan fingerprint density at radius 1 is 1.44 bits per heavy atom. The highest BCUT2D eigenvalue weighted by atomic mass is 16.6. The average molecular weight is 226 g/mol. The summed E-state index contributed by atoms with van der Waals surface area (Å²) >= 11 is 0. The number of hydrogen-bond donors (Lipinski definition) is 1. The van der Waals surface area contributed by atoms with Crippen LogP contribution in [0.5, 0.6) is 0 Å². The molecule has 1 N–H and O–H groups in total. The second-order valence-electron chi connectivity index (χ2n) is 5.91. The van der Waals surface area contributed by atoms with E-state index in [9.17, 15) is 9.90 Å². The van der Waals surface area contributed by atoms with E-state index in [-0.39, 0.29) is 5.41 Å². The second-order valence-corrected chi connectivity index (χ2v) is 5.91. The molecule has 2 atom stereocenters. The molecule has 0 aromatic rings. The van der Waals surface area contributed by atoms with Gasteiger partial charge in [-0.2, -0.15) is 0 Å². The van der Waals surface area contributed by atoms with Crippen LogP contribution in [0.3, 0.4) is 0 Å². The van der Waals surface area contributed by atoms with Crippen molar-refractivity contribution in [2.75, 3.05) is 0 Å². The molecule has 0 saturated heterocycles. The maximum atomic E-state index is 11.4. The summed E-state index contributed by atoms with van der Waals surface area (Å²) in [6.45, 7) is 11.1. The van der Waals surface area contributed by atoms with Gasteiger partial charge in [0.15, 0.2) is 0 Å². The minimum absolute atomic E-state index is 0.107. The lowest BCUT2D eigenvalue weighted by molar-refractivity contribution is -0.171. The maximum absolute atomic E-state index is 11.4. The third kappa shape index (κ3) is 3.08. The Morgan fingerprint density at radius 2 is 2.00 bits per heavy atom. The lowest BCUT2D eigenvalue weighted by Crippen LogP contribution is -2.49. The molecule has 16 heavy (non-hydrogen) atoms. The van der Waals surface area contributed by atoms with E-state index in [1.54, 1.807) is 13.8 Å². The van der Waals surface area contributed by atoms with E-state index in [0.717, 1.165) is 6.42 Å². The van der Waals surface area contributed by atoms with Crippen molar-refractivity contribution in [3.8, 4) is 0 Å². The maximum Gasteiger partial charge on any atom is 0.333 e. The normalized spacial score (nSPS) is 33.2. The largest absolute Gasteiger partial charge is 0.456 e. The summed E-state index contributed by atoms with van der Waals surface area (Å²) in [6.07, 6.45) is 1.90. The third-order valence-corrected chi connectivity index (χ3v) is 3.21. The first-order chi connectivity index (χ1) is 7.14. The van der Waals surface area contributed by atoms with E-state index in [1.807, 2.05) is 0 Å². The monoisotopic (exact) mass is 226 g/mol. The molecule has 0 amide bonds. The molecule has 3 heteroatoms. The van der Waals surface area contributed by atoms with Crippen LogP contribution in [-0.4, -0.2) is 22.8 Å². The molecular weight excluding hydrogens is 204 g/mol. The van der Waals surface area contributed by atoms with Gasteiger partial charge >= 0.3 is 5.97 Å². The molecule has 0 spiro atoms. The highest BCUT2D eigenvalue weighted by Gasteiger charge is 2.44. The van der Waals surface area contributed by atoms with Crippen molar-refractivity contribution in [3.63, 3.8) is 0 Å². The summed E-state index contributed by atoms with van der Waals surface area (Å²) < 4.78 is 5.27. The second kappa shape index (κ2) is 4.21. The Labute approximate surface area is 97.5 Å². The molecule has 3 nitrogen and oxygen atoms in total. The van der Waals surface area contributed by atoms with E-state index < -0.39 is 17.7 Å². The zero-order valence-corrected chi connectivity index (χ0v) is 10.7. The topological polar surface area (TPSA) is 46.5 Å². The Morgan fingerprint density at radius 3 is 2.44 bits per heavy atom. The number of aliphatic hydroxyl groups is 1. The van der Waals surface area contributed by atoms with E-state index in [1.165, 1.54) is 0 Å². The molecule has 0 heterocycles. The summed E-state index contributed by atoms with van der Waals surface area (Å²) in [7, 11) is 0. The van der Waals surface area contributed by atoms with Gasteiger partial charge < -0.3 is 9.84 Å². The van der Waals surface area contributed by atoms with Crippen molar-refractivity contribution in [2.45, 2.75) is 58.7 Å². The molecule has 1 fully saturated rings. The van der Waals surface area contributed by atoms with Gasteiger partial charge in [0.25, 0.3) is 0 Å². The number of carbonyl (C=O) groups excluding carboxylic acids is 1. The highest BCUT2D eigenvalue weighted by molar-refractivity contribution is 5.87. The van der Waals surface area contributed by atoms with Gasteiger partial charge in [-0.1, -0.05) is 20.4 Å². The number of ether oxygens (including phenoxy) is 1. The smallest absolute Gasteiger partial charge is 0.333 e. The van der Waals surface area contributed by atoms with Gasteiger partial charge in [-0.3, -0.25) is 0 Å². The van der Waals surface area contributed by atoms with Gasteiger partial charge in [-0.05, 0) is 38.5 Å². The van der Waals surface area contributed by atoms with Crippen molar-refractivity contribution in [1.29, 1.82) is 0 Å². The van der Waals surface area contributed by atoms with Crippen LogP contribution >= 0.6 is 0 Å². The summed E-state index contributed by atoms with van der Waals surface area (Å²) in [6, 6.07) is 0. The summed E-state index contributed by atoms with van der Waals surface area (Å²) in [5.74, 6) is -0.412. The molecular formula is C13H22O3. The van der Waals surface area contributed by atoms with Gasteiger partial charge in [0.05, 0.1) is 5.60 Å². The van der Waals surface area contributed by atoms with Crippen LogP contribution in [-0.2, 0) is 9.53 Å². The molecule has 0 aromatic carbocycles. The van der Waals surface area contributed by atoms with Crippen molar-refractivity contribution in [2.24, 2.45) is 5.41 Å². The minimum atomic E-state index is -0.938. The van der Waals surface area contributed by atoms with Gasteiger partial charge in [0.2, 0.25) is 0 Å². The molecule has 92 valence electrons. The molecule has 0 bridgehead atoms. The van der Waals surface area contributed by atoms with Crippen LogP contribution in [0.15, 0.2) is 12.2 Å². The van der Waals surface area contributed by atoms with E-state index >= 15 is 0 Å². The van der Waals surface area contributed by atoms with Gasteiger partial charge in [-0.25, -0.2) is 4.79 Å². The minimum Gasteiger partial charge on any atom is -0.456 e. The highest BCUT2D eigenvalue weighted by Crippen LogP contribution is 2.42. The lowest BCUT2D eigenvalue weighted by atomic mass is 9.69. The number of rotatable bonds is 2. The SMILES string of the molecule is C=C(C)C(=O)OC1CCC(C)(C)CC1(C)O. The fourth-order valence-electron chi connectivity index (χ4n) is 2.42. The first-order valence-electron chi connectivity index (χ1n) is 5.73. The van der Waals surface area contributed by atoms with Crippen molar-refractivity contribution >= 4 is 5.97 Å². The Hall–Kier alpha value is -0.830. The predicted molar refractivity (Wildman–Crippen MR) is 62.9 cm³/mol. The van der Waals surface area contributed by atoms with Crippen LogP contribution in [0.2, 0.25) is 0 Å². The fraction of sp³-hybridized carbons (Fsp3) is 0.769. The van der Waals surface area contributed by atoms with Gasteiger partial charge in [-0.15, -0.1) is 0 Å². The fourth-order valence-corrected chi connectivity index (χ4v) is 2.42. The predicted octanol–water partition coefficient (Wildman–Crippen LogP) is 2.44. The summed E-state index contributed by atoms with van der Waals surface area (Å²) in [5, 5.41) is 10.3. The quantitative estimate of drug-likeness (QED) is 0.581. The molecule has 1 rings (SSSR count). The Bertz CT molecular complexity index is 302. The van der Waals surface area contributed by atoms with Crippen LogP contribution in [0.1, 0.15) is 47.0 Å². The molecule has 2 unspecified atom stereocenters. The number of esters is 1.